The molecule has 0 aromatic carbocycles. The van der Waals surface area contributed by atoms with Gasteiger partial charge in [-0.3, -0.25) is 0 Å². The second kappa shape index (κ2) is 4.18. The van der Waals surface area contributed by atoms with E-state index in [4.69, 9.17) is 5.11 Å². The third kappa shape index (κ3) is 5.14. The predicted molar refractivity (Wildman–Crippen MR) is 35.3 cm³/mol. The Hall–Kier alpha value is -0.730. The number of rotatable bonds is 2. The van der Waals surface area contributed by atoms with Crippen molar-refractivity contribution in [3.8, 4) is 0 Å². The SMILES string of the molecule is COC(O)=[NH+]CC(C)C. The van der Waals surface area contributed by atoms with Crippen molar-refractivity contribution in [2.45, 2.75) is 13.8 Å². The minimum atomic E-state index is -0.108. The fourth-order valence-electron chi connectivity index (χ4n) is 0.364. The van der Waals surface area contributed by atoms with Gasteiger partial charge in [-0.05, 0) is 0 Å². The molecule has 0 unspecified atom stereocenters. The normalized spacial score (nSPS) is 12.2. The van der Waals surface area contributed by atoms with E-state index < -0.39 is 0 Å². The Morgan fingerprint density at radius 2 is 2.22 bits per heavy atom. The van der Waals surface area contributed by atoms with Crippen molar-refractivity contribution in [3.05, 3.63) is 0 Å². The van der Waals surface area contributed by atoms with E-state index >= 15 is 0 Å². The van der Waals surface area contributed by atoms with Gasteiger partial charge in [-0.2, -0.15) is 4.99 Å². The van der Waals surface area contributed by atoms with Gasteiger partial charge in [0.1, 0.15) is 6.54 Å². The summed E-state index contributed by atoms with van der Waals surface area (Å²) in [6.07, 6.45) is -0.108. The van der Waals surface area contributed by atoms with E-state index in [-0.39, 0.29) is 6.08 Å². The van der Waals surface area contributed by atoms with Crippen molar-refractivity contribution in [1.29, 1.82) is 0 Å². The van der Waals surface area contributed by atoms with Gasteiger partial charge in [0.15, 0.2) is 0 Å². The molecule has 9 heavy (non-hydrogen) atoms. The molecule has 0 saturated carbocycles. The molecule has 0 saturated heterocycles. The average molecular weight is 132 g/mol. The minimum absolute atomic E-state index is 0.108. The Kier molecular flexibility index (Phi) is 3.84. The molecule has 0 aromatic rings. The summed E-state index contributed by atoms with van der Waals surface area (Å²) in [6.45, 7) is 4.84. The first kappa shape index (κ1) is 8.27. The summed E-state index contributed by atoms with van der Waals surface area (Å²) in [6, 6.07) is 0. The maximum Gasteiger partial charge on any atom is 0.544 e. The molecule has 3 nitrogen and oxygen atoms in total. The van der Waals surface area contributed by atoms with Crippen LogP contribution in [0.1, 0.15) is 13.8 Å². The number of aliphatic hydroxyl groups excluding tert-OH is 1. The molecular formula is C6H14NO2+. The van der Waals surface area contributed by atoms with E-state index in [0.29, 0.717) is 5.92 Å². The number of ether oxygens (including phenoxy) is 1. The number of hydrogen-bond acceptors (Lipinski definition) is 1. The molecule has 0 aromatic heterocycles. The first-order valence-electron chi connectivity index (χ1n) is 3.00. The van der Waals surface area contributed by atoms with Crippen molar-refractivity contribution in [2.24, 2.45) is 5.92 Å². The van der Waals surface area contributed by atoms with Crippen LogP contribution in [0.4, 0.5) is 0 Å². The molecule has 0 heterocycles. The zero-order chi connectivity index (χ0) is 7.28. The standard InChI is InChI=1S/C6H13NO2/c1-5(2)4-7-6(8)9-3/h5H,4H2,1-3H3,(H,7,8)/p+1. The van der Waals surface area contributed by atoms with Crippen molar-refractivity contribution in [3.63, 3.8) is 0 Å². The van der Waals surface area contributed by atoms with E-state index in [1.807, 2.05) is 0 Å². The van der Waals surface area contributed by atoms with Crippen molar-refractivity contribution in [2.75, 3.05) is 13.7 Å². The lowest BCUT2D eigenvalue weighted by Gasteiger charge is -1.92. The zero-order valence-corrected chi connectivity index (χ0v) is 6.14. The van der Waals surface area contributed by atoms with Crippen LogP contribution in [0, 0.1) is 5.92 Å². The van der Waals surface area contributed by atoms with E-state index in [2.05, 4.69) is 23.6 Å². The fourth-order valence-corrected chi connectivity index (χ4v) is 0.364. The van der Waals surface area contributed by atoms with Crippen LogP contribution in [0.2, 0.25) is 0 Å². The van der Waals surface area contributed by atoms with Crippen LogP contribution < -0.4 is 4.99 Å². The zero-order valence-electron chi connectivity index (χ0n) is 6.14. The molecule has 0 aliphatic rings. The van der Waals surface area contributed by atoms with Crippen molar-refractivity contribution < 1.29 is 14.8 Å². The van der Waals surface area contributed by atoms with E-state index in [1.165, 1.54) is 7.11 Å². The second-order valence-electron chi connectivity index (χ2n) is 2.28. The summed E-state index contributed by atoms with van der Waals surface area (Å²) in [4.78, 5) is 2.68. The maximum absolute atomic E-state index is 8.69. The Morgan fingerprint density at radius 3 is 2.56 bits per heavy atom. The topological polar surface area (TPSA) is 43.4 Å². The Morgan fingerprint density at radius 1 is 1.67 bits per heavy atom. The van der Waals surface area contributed by atoms with Gasteiger partial charge in [0.2, 0.25) is 0 Å². The molecule has 0 radical (unpaired) electrons. The van der Waals surface area contributed by atoms with Crippen LogP contribution >= 0.6 is 0 Å². The predicted octanol–water partition coefficient (Wildman–Crippen LogP) is -0.717. The number of hydrogen-bond donors (Lipinski definition) is 2. The molecule has 0 rings (SSSR count). The van der Waals surface area contributed by atoms with Gasteiger partial charge in [-0.15, -0.1) is 0 Å². The Bertz CT molecular complexity index is 99.2. The van der Waals surface area contributed by atoms with Crippen LogP contribution in [-0.4, -0.2) is 24.8 Å². The van der Waals surface area contributed by atoms with Crippen LogP contribution in [0.3, 0.4) is 0 Å². The quantitative estimate of drug-likeness (QED) is 0.385. The lowest BCUT2D eigenvalue weighted by molar-refractivity contribution is -0.485. The van der Waals surface area contributed by atoms with Gasteiger partial charge in [0, 0.05) is 5.92 Å². The van der Waals surface area contributed by atoms with Gasteiger partial charge in [0.25, 0.3) is 0 Å². The third-order valence-electron chi connectivity index (χ3n) is 0.855. The van der Waals surface area contributed by atoms with Gasteiger partial charge in [-0.25, -0.2) is 0 Å². The molecule has 0 spiro atoms. The first-order valence-corrected chi connectivity index (χ1v) is 3.00. The van der Waals surface area contributed by atoms with Gasteiger partial charge in [0.05, 0.1) is 7.11 Å². The van der Waals surface area contributed by atoms with E-state index in [9.17, 15) is 0 Å². The van der Waals surface area contributed by atoms with Gasteiger partial charge >= 0.3 is 6.08 Å². The highest BCUT2D eigenvalue weighted by Gasteiger charge is 2.00. The van der Waals surface area contributed by atoms with Crippen LogP contribution in [-0.2, 0) is 4.74 Å². The summed E-state index contributed by atoms with van der Waals surface area (Å²) >= 11 is 0. The molecule has 54 valence electrons. The fraction of sp³-hybridized carbons (Fsp3) is 0.833. The van der Waals surface area contributed by atoms with Crippen LogP contribution in [0.5, 0.6) is 0 Å². The molecule has 0 aliphatic carbocycles. The highest BCUT2D eigenvalue weighted by atomic mass is 16.6. The lowest BCUT2D eigenvalue weighted by Crippen LogP contribution is -2.74. The van der Waals surface area contributed by atoms with Gasteiger partial charge < -0.3 is 9.84 Å². The number of methoxy groups -OCH3 is 1. The monoisotopic (exact) mass is 132 g/mol. The third-order valence-corrected chi connectivity index (χ3v) is 0.855. The number of nitrogens with one attached hydrogen (secondary N) is 1. The van der Waals surface area contributed by atoms with E-state index in [0.717, 1.165) is 6.54 Å². The molecule has 0 fully saturated rings. The average Bonchev–Trinajstić information content (AvgIpc) is 1.83. The molecule has 0 atom stereocenters. The summed E-state index contributed by atoms with van der Waals surface area (Å²) in [5, 5.41) is 8.69. The smallest absolute Gasteiger partial charge is 0.430 e. The van der Waals surface area contributed by atoms with Gasteiger partial charge in [-0.1, -0.05) is 13.8 Å². The van der Waals surface area contributed by atoms with Crippen molar-refractivity contribution in [1.82, 2.24) is 0 Å². The summed E-state index contributed by atoms with van der Waals surface area (Å²) in [5.74, 6) is 0.516. The Labute approximate surface area is 55.4 Å². The second-order valence-corrected chi connectivity index (χ2v) is 2.28. The Balaban J connectivity index is 3.43. The summed E-state index contributed by atoms with van der Waals surface area (Å²) in [5.41, 5.74) is 0. The maximum atomic E-state index is 8.69. The largest absolute Gasteiger partial charge is 0.544 e. The minimum Gasteiger partial charge on any atom is -0.430 e. The molecule has 0 aliphatic heterocycles. The molecule has 0 bridgehead atoms. The first-order chi connectivity index (χ1) is 4.16. The summed E-state index contributed by atoms with van der Waals surface area (Å²) < 4.78 is 4.46. The highest BCUT2D eigenvalue weighted by molar-refractivity contribution is 5.56. The highest BCUT2D eigenvalue weighted by Crippen LogP contribution is 1.80. The van der Waals surface area contributed by atoms with E-state index in [1.54, 1.807) is 0 Å². The molecule has 3 heteroatoms. The summed E-state index contributed by atoms with van der Waals surface area (Å²) in [7, 11) is 1.42. The molecule has 2 N–H and O–H groups in total. The van der Waals surface area contributed by atoms with Crippen molar-refractivity contribution >= 4 is 6.08 Å². The van der Waals surface area contributed by atoms with Crippen LogP contribution in [0.25, 0.3) is 0 Å². The van der Waals surface area contributed by atoms with Crippen LogP contribution in [0.15, 0.2) is 0 Å². The molecular weight excluding hydrogens is 118 g/mol. The number of aliphatic hydroxyl groups is 1. The molecule has 0 amide bonds. The lowest BCUT2D eigenvalue weighted by atomic mass is 10.2.